The van der Waals surface area contributed by atoms with Gasteiger partial charge in [0.25, 0.3) is 0 Å². The Hall–Kier alpha value is -0.920. The molecule has 0 amide bonds. The van der Waals surface area contributed by atoms with Gasteiger partial charge in [0.1, 0.15) is 5.82 Å². The zero-order valence-electron chi connectivity index (χ0n) is 9.86. The first kappa shape index (κ1) is 12.5. The average Bonchev–Trinajstić information content (AvgIpc) is 2.39. The van der Waals surface area contributed by atoms with Crippen LogP contribution in [0.4, 0.5) is 11.8 Å². The summed E-state index contributed by atoms with van der Waals surface area (Å²) >= 11 is 3.48. The largest absolute Gasteiger partial charge is 0.353 e. The number of rotatable bonds is 3. The predicted molar refractivity (Wildman–Crippen MR) is 71.9 cm³/mol. The van der Waals surface area contributed by atoms with Gasteiger partial charge < -0.3 is 9.80 Å². The number of nitrogens with zero attached hydrogens (tertiary/aromatic N) is 4. The van der Waals surface area contributed by atoms with E-state index in [1.807, 2.05) is 0 Å². The maximum atomic E-state index is 5.32. The van der Waals surface area contributed by atoms with Gasteiger partial charge in [0, 0.05) is 32.4 Å². The third kappa shape index (κ3) is 2.85. The number of hydrazine groups is 1. The summed E-state index contributed by atoms with van der Waals surface area (Å²) in [5, 5.41) is 0. The number of anilines is 2. The second kappa shape index (κ2) is 5.61. The van der Waals surface area contributed by atoms with E-state index in [4.69, 9.17) is 5.84 Å². The van der Waals surface area contributed by atoms with E-state index in [0.717, 1.165) is 43.0 Å². The first-order chi connectivity index (χ1) is 8.24. The quantitative estimate of drug-likeness (QED) is 0.631. The maximum absolute atomic E-state index is 5.32. The van der Waals surface area contributed by atoms with Gasteiger partial charge in [-0.3, -0.25) is 5.43 Å². The van der Waals surface area contributed by atoms with Gasteiger partial charge >= 0.3 is 0 Å². The minimum absolute atomic E-state index is 0.445. The fraction of sp³-hybridized carbons (Fsp3) is 0.600. The Morgan fingerprint density at radius 1 is 1.41 bits per heavy atom. The minimum Gasteiger partial charge on any atom is -0.353 e. The molecule has 0 aliphatic carbocycles. The predicted octanol–water partition coefficient (Wildman–Crippen LogP) is 0.667. The molecule has 0 unspecified atom stereocenters. The number of hydrogen-bond acceptors (Lipinski definition) is 6. The van der Waals surface area contributed by atoms with E-state index >= 15 is 0 Å². The molecule has 1 aromatic heterocycles. The van der Waals surface area contributed by atoms with Crippen LogP contribution in [0.25, 0.3) is 0 Å². The summed E-state index contributed by atoms with van der Waals surface area (Å²) in [5.74, 6) is 6.68. The van der Waals surface area contributed by atoms with Crippen molar-refractivity contribution in [1.29, 1.82) is 0 Å². The summed E-state index contributed by atoms with van der Waals surface area (Å²) in [7, 11) is 0. The molecular weight excluding hydrogens is 284 g/mol. The molecular formula is C10H17BrN6. The molecule has 0 radical (unpaired) electrons. The topological polar surface area (TPSA) is 70.3 Å². The molecule has 0 aromatic carbocycles. The molecule has 1 aliphatic heterocycles. The van der Waals surface area contributed by atoms with Crippen LogP contribution in [0.5, 0.6) is 0 Å². The van der Waals surface area contributed by atoms with Crippen LogP contribution in [0.2, 0.25) is 0 Å². The smallest absolute Gasteiger partial charge is 0.239 e. The lowest BCUT2D eigenvalue weighted by Crippen LogP contribution is -2.46. The SMILES string of the molecule is CCN1CCN(c2nc(NN)ncc2Br)CC1. The molecule has 1 aromatic rings. The standard InChI is InChI=1S/C10H17BrN6/c1-2-16-3-5-17(6-4-16)9-8(11)7-13-10(14-9)15-12/h7H,2-6,12H2,1H3,(H,13,14,15). The lowest BCUT2D eigenvalue weighted by Gasteiger charge is -2.35. The Kier molecular flexibility index (Phi) is 4.14. The van der Waals surface area contributed by atoms with Crippen LogP contribution in [-0.2, 0) is 0 Å². The lowest BCUT2D eigenvalue weighted by molar-refractivity contribution is 0.270. The molecule has 2 rings (SSSR count). The minimum atomic E-state index is 0.445. The molecule has 17 heavy (non-hydrogen) atoms. The fourth-order valence-electron chi connectivity index (χ4n) is 1.93. The highest BCUT2D eigenvalue weighted by atomic mass is 79.9. The third-order valence-electron chi connectivity index (χ3n) is 2.97. The number of nitrogens with one attached hydrogen (secondary N) is 1. The average molecular weight is 301 g/mol. The molecule has 94 valence electrons. The zero-order chi connectivity index (χ0) is 12.3. The number of likely N-dealkylation sites (N-methyl/N-ethyl adjacent to an activating group) is 1. The van der Waals surface area contributed by atoms with Crippen molar-refractivity contribution in [2.75, 3.05) is 43.0 Å². The fourth-order valence-corrected chi connectivity index (χ4v) is 2.37. The van der Waals surface area contributed by atoms with Crippen molar-refractivity contribution >= 4 is 27.7 Å². The molecule has 0 atom stereocenters. The summed E-state index contributed by atoms with van der Waals surface area (Å²) < 4.78 is 0.904. The molecule has 0 bridgehead atoms. The van der Waals surface area contributed by atoms with Crippen molar-refractivity contribution in [2.24, 2.45) is 5.84 Å². The first-order valence-corrected chi connectivity index (χ1v) is 6.50. The van der Waals surface area contributed by atoms with Crippen molar-refractivity contribution in [3.05, 3.63) is 10.7 Å². The summed E-state index contributed by atoms with van der Waals surface area (Å²) in [6, 6.07) is 0. The van der Waals surface area contributed by atoms with Gasteiger partial charge in [-0.1, -0.05) is 6.92 Å². The first-order valence-electron chi connectivity index (χ1n) is 5.71. The molecule has 1 aliphatic rings. The summed E-state index contributed by atoms with van der Waals surface area (Å²) in [4.78, 5) is 13.1. The van der Waals surface area contributed by atoms with E-state index in [1.165, 1.54) is 0 Å². The van der Waals surface area contributed by atoms with E-state index < -0.39 is 0 Å². The highest BCUT2D eigenvalue weighted by molar-refractivity contribution is 9.10. The van der Waals surface area contributed by atoms with E-state index in [2.05, 4.69) is 48.0 Å². The molecule has 2 heterocycles. The number of hydrogen-bond donors (Lipinski definition) is 2. The Morgan fingerprint density at radius 3 is 2.71 bits per heavy atom. The Bertz CT molecular complexity index is 377. The third-order valence-corrected chi connectivity index (χ3v) is 3.53. The molecule has 6 nitrogen and oxygen atoms in total. The van der Waals surface area contributed by atoms with Crippen molar-refractivity contribution in [1.82, 2.24) is 14.9 Å². The monoisotopic (exact) mass is 300 g/mol. The second-order valence-corrected chi connectivity index (χ2v) is 4.79. The number of piperazine rings is 1. The molecule has 3 N–H and O–H groups in total. The van der Waals surface area contributed by atoms with Crippen LogP contribution in [-0.4, -0.2) is 47.6 Å². The van der Waals surface area contributed by atoms with Gasteiger partial charge in [0.2, 0.25) is 5.95 Å². The van der Waals surface area contributed by atoms with Crippen molar-refractivity contribution in [2.45, 2.75) is 6.92 Å². The lowest BCUT2D eigenvalue weighted by atomic mass is 10.3. The van der Waals surface area contributed by atoms with Gasteiger partial charge in [0.05, 0.1) is 4.47 Å². The molecule has 7 heteroatoms. The van der Waals surface area contributed by atoms with Crippen LogP contribution in [0.1, 0.15) is 6.92 Å². The molecule has 1 fully saturated rings. The highest BCUT2D eigenvalue weighted by Gasteiger charge is 2.19. The molecule has 0 saturated carbocycles. The van der Waals surface area contributed by atoms with Crippen LogP contribution in [0.15, 0.2) is 10.7 Å². The van der Waals surface area contributed by atoms with Gasteiger partial charge in [0.15, 0.2) is 0 Å². The van der Waals surface area contributed by atoms with Crippen molar-refractivity contribution in [3.63, 3.8) is 0 Å². The Balaban J connectivity index is 2.12. The van der Waals surface area contributed by atoms with Crippen LogP contribution in [0.3, 0.4) is 0 Å². The summed E-state index contributed by atoms with van der Waals surface area (Å²) in [6.45, 7) is 7.39. The van der Waals surface area contributed by atoms with Gasteiger partial charge in [-0.25, -0.2) is 10.8 Å². The van der Waals surface area contributed by atoms with Crippen molar-refractivity contribution in [3.8, 4) is 0 Å². The van der Waals surface area contributed by atoms with Crippen LogP contribution < -0.4 is 16.2 Å². The summed E-state index contributed by atoms with van der Waals surface area (Å²) in [5.41, 5.74) is 2.47. The molecule has 1 saturated heterocycles. The normalized spacial score (nSPS) is 17.2. The Labute approximate surface area is 109 Å². The van der Waals surface area contributed by atoms with Crippen molar-refractivity contribution < 1.29 is 0 Å². The number of aromatic nitrogens is 2. The van der Waals surface area contributed by atoms with E-state index in [1.54, 1.807) is 6.20 Å². The number of nitrogens with two attached hydrogens (primary N) is 1. The van der Waals surface area contributed by atoms with Crippen LogP contribution in [0, 0.1) is 0 Å². The second-order valence-electron chi connectivity index (χ2n) is 3.93. The van der Waals surface area contributed by atoms with Gasteiger partial charge in [-0.15, -0.1) is 0 Å². The van der Waals surface area contributed by atoms with E-state index in [-0.39, 0.29) is 0 Å². The highest BCUT2D eigenvalue weighted by Crippen LogP contribution is 2.24. The van der Waals surface area contributed by atoms with E-state index in [9.17, 15) is 0 Å². The maximum Gasteiger partial charge on any atom is 0.239 e. The Morgan fingerprint density at radius 2 is 2.12 bits per heavy atom. The zero-order valence-corrected chi connectivity index (χ0v) is 11.4. The summed E-state index contributed by atoms with van der Waals surface area (Å²) in [6.07, 6.45) is 1.73. The number of nitrogen functional groups attached to an aromatic ring is 1. The van der Waals surface area contributed by atoms with Crippen LogP contribution >= 0.6 is 15.9 Å². The molecule has 0 spiro atoms. The number of halogens is 1. The van der Waals surface area contributed by atoms with E-state index in [0.29, 0.717) is 5.95 Å². The van der Waals surface area contributed by atoms with Gasteiger partial charge in [-0.2, -0.15) is 4.98 Å². The van der Waals surface area contributed by atoms with Gasteiger partial charge in [-0.05, 0) is 22.5 Å².